The predicted molar refractivity (Wildman–Crippen MR) is 139 cm³/mol. The Bertz CT molecular complexity index is 1340. The average Bonchev–Trinajstić information content (AvgIpc) is 2.86. The molecule has 2 aromatic carbocycles. The van der Waals surface area contributed by atoms with Crippen molar-refractivity contribution in [1.82, 2.24) is 14.7 Å². The number of aromatic nitrogens is 2. The number of benzene rings is 2. The molecule has 1 saturated heterocycles. The first kappa shape index (κ1) is 25.8. The number of nitrogens with one attached hydrogen (secondary N) is 1. The molecule has 1 aliphatic heterocycles. The summed E-state index contributed by atoms with van der Waals surface area (Å²) in [5.41, 5.74) is 1.55. The standard InChI is InChI=1S/C25H30FN5O4S/c1-34-22-15-20-21(16-23(22)35-2)29-24(8-5-17-3-6-19(26)7-4-17)30-25(20)31-13-10-18(11-14-31)9-12-28-36(27,32)33/h3-8,15-16,18,28H,9-14H2,1-2H3,(H2,27,32,33)/b8-5+. The summed E-state index contributed by atoms with van der Waals surface area (Å²) in [6, 6.07) is 9.92. The van der Waals surface area contributed by atoms with E-state index >= 15 is 0 Å². The Kier molecular flexibility index (Phi) is 8.02. The van der Waals surface area contributed by atoms with Crippen molar-refractivity contribution in [3.05, 3.63) is 53.6 Å². The number of hydrogen-bond acceptors (Lipinski definition) is 7. The van der Waals surface area contributed by atoms with Crippen LogP contribution in [0, 0.1) is 11.7 Å². The number of methoxy groups -OCH3 is 2. The normalized spacial score (nSPS) is 15.1. The van der Waals surface area contributed by atoms with Gasteiger partial charge in [-0.15, -0.1) is 0 Å². The summed E-state index contributed by atoms with van der Waals surface area (Å²) in [5, 5.41) is 5.87. The highest BCUT2D eigenvalue weighted by molar-refractivity contribution is 7.87. The van der Waals surface area contributed by atoms with Gasteiger partial charge in [0.1, 0.15) is 11.6 Å². The fourth-order valence-electron chi connectivity index (χ4n) is 4.36. The van der Waals surface area contributed by atoms with Crippen molar-refractivity contribution in [3.63, 3.8) is 0 Å². The maximum atomic E-state index is 13.3. The Morgan fingerprint density at radius 2 is 1.75 bits per heavy atom. The first-order chi connectivity index (χ1) is 17.3. The van der Waals surface area contributed by atoms with E-state index < -0.39 is 10.2 Å². The van der Waals surface area contributed by atoms with E-state index in [0.29, 0.717) is 29.8 Å². The van der Waals surface area contributed by atoms with Crippen LogP contribution in [0.4, 0.5) is 10.2 Å². The summed E-state index contributed by atoms with van der Waals surface area (Å²) >= 11 is 0. The van der Waals surface area contributed by atoms with E-state index in [1.54, 1.807) is 32.4 Å². The summed E-state index contributed by atoms with van der Waals surface area (Å²) in [7, 11) is -0.504. The molecule has 0 unspecified atom stereocenters. The number of piperidine rings is 1. The van der Waals surface area contributed by atoms with Gasteiger partial charge in [-0.2, -0.15) is 8.42 Å². The molecular formula is C25H30FN5O4S. The van der Waals surface area contributed by atoms with Crippen molar-refractivity contribution >= 4 is 39.1 Å². The van der Waals surface area contributed by atoms with Crippen LogP contribution < -0.4 is 24.2 Å². The summed E-state index contributed by atoms with van der Waals surface area (Å²) < 4.78 is 48.9. The van der Waals surface area contributed by atoms with E-state index in [1.165, 1.54) is 12.1 Å². The molecule has 192 valence electrons. The van der Waals surface area contributed by atoms with Gasteiger partial charge in [0.25, 0.3) is 10.2 Å². The van der Waals surface area contributed by atoms with Crippen molar-refractivity contribution in [2.24, 2.45) is 11.1 Å². The summed E-state index contributed by atoms with van der Waals surface area (Å²) in [6.07, 6.45) is 6.16. The molecular weight excluding hydrogens is 485 g/mol. The molecule has 0 amide bonds. The number of fused-ring (bicyclic) bond motifs is 1. The van der Waals surface area contributed by atoms with E-state index in [2.05, 4.69) is 9.62 Å². The minimum absolute atomic E-state index is 0.290. The number of rotatable bonds is 9. The SMILES string of the molecule is COc1cc2nc(/C=C/c3ccc(F)cc3)nc(N3CCC(CCNS(N)(=O)=O)CC3)c2cc1OC. The first-order valence-corrected chi connectivity index (χ1v) is 13.2. The molecule has 0 bridgehead atoms. The minimum Gasteiger partial charge on any atom is -0.493 e. The van der Waals surface area contributed by atoms with Crippen LogP contribution in [-0.4, -0.2) is 52.2 Å². The van der Waals surface area contributed by atoms with Crippen LogP contribution in [0.5, 0.6) is 11.5 Å². The van der Waals surface area contributed by atoms with Gasteiger partial charge >= 0.3 is 0 Å². The van der Waals surface area contributed by atoms with Crippen LogP contribution in [0.15, 0.2) is 36.4 Å². The second-order valence-corrected chi connectivity index (χ2v) is 10.1. The molecule has 2 heterocycles. The summed E-state index contributed by atoms with van der Waals surface area (Å²) in [5.74, 6) is 2.57. The largest absolute Gasteiger partial charge is 0.493 e. The lowest BCUT2D eigenvalue weighted by atomic mass is 9.93. The summed E-state index contributed by atoms with van der Waals surface area (Å²) in [6.45, 7) is 1.86. The zero-order valence-electron chi connectivity index (χ0n) is 20.3. The molecule has 1 fully saturated rings. The maximum absolute atomic E-state index is 13.3. The van der Waals surface area contributed by atoms with Crippen LogP contribution in [0.1, 0.15) is 30.7 Å². The Labute approximate surface area is 210 Å². The van der Waals surface area contributed by atoms with Gasteiger partial charge in [-0.25, -0.2) is 24.2 Å². The third-order valence-corrected chi connectivity index (χ3v) is 6.87. The lowest BCUT2D eigenvalue weighted by molar-refractivity contribution is 0.355. The lowest BCUT2D eigenvalue weighted by Crippen LogP contribution is -2.37. The molecule has 0 saturated carbocycles. The van der Waals surface area contributed by atoms with Gasteiger partial charge in [0.2, 0.25) is 0 Å². The van der Waals surface area contributed by atoms with Gasteiger partial charge in [-0.3, -0.25) is 0 Å². The lowest BCUT2D eigenvalue weighted by Gasteiger charge is -2.33. The quantitative estimate of drug-likeness (QED) is 0.448. The second kappa shape index (κ2) is 11.2. The van der Waals surface area contributed by atoms with Gasteiger partial charge in [-0.1, -0.05) is 18.2 Å². The molecule has 9 nitrogen and oxygen atoms in total. The second-order valence-electron chi connectivity index (χ2n) is 8.67. The number of nitrogens with zero attached hydrogens (tertiary/aromatic N) is 3. The van der Waals surface area contributed by atoms with Gasteiger partial charge in [-0.05, 0) is 55.0 Å². The molecule has 11 heteroatoms. The fraction of sp³-hybridized carbons (Fsp3) is 0.360. The molecule has 0 atom stereocenters. The van der Waals surface area contributed by atoms with E-state index in [-0.39, 0.29) is 5.82 Å². The molecule has 1 aliphatic rings. The van der Waals surface area contributed by atoms with Crippen LogP contribution in [0.25, 0.3) is 23.1 Å². The summed E-state index contributed by atoms with van der Waals surface area (Å²) in [4.78, 5) is 11.8. The smallest absolute Gasteiger partial charge is 0.274 e. The third kappa shape index (κ3) is 6.48. The van der Waals surface area contributed by atoms with E-state index in [9.17, 15) is 12.8 Å². The van der Waals surface area contributed by atoms with E-state index in [4.69, 9.17) is 24.6 Å². The molecule has 3 aromatic rings. The number of hydrogen-bond donors (Lipinski definition) is 2. The number of nitrogens with two attached hydrogens (primary N) is 1. The molecule has 3 N–H and O–H groups in total. The third-order valence-electron chi connectivity index (χ3n) is 6.26. The Morgan fingerprint density at radius 1 is 1.08 bits per heavy atom. The van der Waals surface area contributed by atoms with Crippen LogP contribution in [-0.2, 0) is 10.2 Å². The van der Waals surface area contributed by atoms with Crippen molar-refractivity contribution in [2.45, 2.75) is 19.3 Å². The van der Waals surface area contributed by atoms with Gasteiger partial charge in [0, 0.05) is 31.1 Å². The van der Waals surface area contributed by atoms with Crippen molar-refractivity contribution in [3.8, 4) is 11.5 Å². The monoisotopic (exact) mass is 515 g/mol. The van der Waals surface area contributed by atoms with Gasteiger partial charge in [0.15, 0.2) is 17.3 Å². The number of ether oxygens (including phenoxy) is 2. The minimum atomic E-state index is -3.67. The highest BCUT2D eigenvalue weighted by atomic mass is 32.2. The zero-order valence-corrected chi connectivity index (χ0v) is 21.1. The van der Waals surface area contributed by atoms with Crippen molar-refractivity contribution in [2.75, 3.05) is 38.8 Å². The van der Waals surface area contributed by atoms with Gasteiger partial charge in [0.05, 0.1) is 19.7 Å². The van der Waals surface area contributed by atoms with Crippen LogP contribution in [0.2, 0.25) is 0 Å². The van der Waals surface area contributed by atoms with Crippen LogP contribution >= 0.6 is 0 Å². The van der Waals surface area contributed by atoms with Crippen molar-refractivity contribution in [1.29, 1.82) is 0 Å². The maximum Gasteiger partial charge on any atom is 0.274 e. The molecule has 0 radical (unpaired) electrons. The molecule has 36 heavy (non-hydrogen) atoms. The first-order valence-electron chi connectivity index (χ1n) is 11.7. The average molecular weight is 516 g/mol. The van der Waals surface area contributed by atoms with Crippen LogP contribution in [0.3, 0.4) is 0 Å². The number of halogens is 1. The Morgan fingerprint density at radius 3 is 2.39 bits per heavy atom. The molecule has 4 rings (SSSR count). The Hall–Kier alpha value is -3.28. The van der Waals surface area contributed by atoms with E-state index in [1.807, 2.05) is 18.2 Å². The fourth-order valence-corrected chi connectivity index (χ4v) is 4.76. The zero-order chi connectivity index (χ0) is 25.7. The Balaban J connectivity index is 1.62. The predicted octanol–water partition coefficient (Wildman–Crippen LogP) is 3.36. The van der Waals surface area contributed by atoms with Gasteiger partial charge < -0.3 is 14.4 Å². The molecule has 0 aliphatic carbocycles. The highest BCUT2D eigenvalue weighted by Crippen LogP contribution is 2.36. The topological polar surface area (TPSA) is 120 Å². The van der Waals surface area contributed by atoms with Crippen molar-refractivity contribution < 1.29 is 22.3 Å². The molecule has 0 spiro atoms. The number of anilines is 1. The molecule has 1 aromatic heterocycles. The van der Waals surface area contributed by atoms with E-state index in [0.717, 1.165) is 54.6 Å². The highest BCUT2D eigenvalue weighted by Gasteiger charge is 2.23.